The molecular formula is C20H20N4OS. The van der Waals surface area contributed by atoms with Crippen LogP contribution < -0.4 is 10.6 Å². The summed E-state index contributed by atoms with van der Waals surface area (Å²) < 4.78 is 0. The van der Waals surface area contributed by atoms with E-state index in [1.165, 1.54) is 5.56 Å². The van der Waals surface area contributed by atoms with E-state index in [-0.39, 0.29) is 5.91 Å². The third kappa shape index (κ3) is 5.89. The number of para-hydroxylation sites is 1. The first-order valence-corrected chi connectivity index (χ1v) is 9.36. The minimum Gasteiger partial charge on any atom is -0.368 e. The molecule has 0 aliphatic rings. The largest absolute Gasteiger partial charge is 0.368 e. The fourth-order valence-electron chi connectivity index (χ4n) is 2.28. The van der Waals surface area contributed by atoms with E-state index in [0.717, 1.165) is 16.5 Å². The maximum atomic E-state index is 11.9. The van der Waals surface area contributed by atoms with Crippen molar-refractivity contribution in [1.29, 1.82) is 0 Å². The molecule has 5 nitrogen and oxygen atoms in total. The molecule has 1 heterocycles. The monoisotopic (exact) mass is 364 g/mol. The molecular weight excluding hydrogens is 344 g/mol. The lowest BCUT2D eigenvalue weighted by molar-refractivity contribution is -0.115. The number of benzene rings is 2. The second-order valence-electron chi connectivity index (χ2n) is 5.61. The van der Waals surface area contributed by atoms with Crippen molar-refractivity contribution < 1.29 is 4.79 Å². The van der Waals surface area contributed by atoms with E-state index in [9.17, 15) is 4.79 Å². The van der Waals surface area contributed by atoms with Crippen molar-refractivity contribution in [3.05, 3.63) is 78.6 Å². The molecule has 2 N–H and O–H groups in total. The number of aromatic nitrogens is 2. The molecule has 0 aliphatic heterocycles. The van der Waals surface area contributed by atoms with Gasteiger partial charge in [-0.2, -0.15) is 0 Å². The summed E-state index contributed by atoms with van der Waals surface area (Å²) in [5.41, 5.74) is 2.05. The topological polar surface area (TPSA) is 66.9 Å². The summed E-state index contributed by atoms with van der Waals surface area (Å²) in [7, 11) is 0. The predicted molar refractivity (Wildman–Crippen MR) is 106 cm³/mol. The van der Waals surface area contributed by atoms with Gasteiger partial charge in [0.2, 0.25) is 5.91 Å². The van der Waals surface area contributed by atoms with Gasteiger partial charge in [-0.05, 0) is 17.7 Å². The van der Waals surface area contributed by atoms with Gasteiger partial charge in [0.1, 0.15) is 10.8 Å². The lowest BCUT2D eigenvalue weighted by Crippen LogP contribution is -2.16. The van der Waals surface area contributed by atoms with E-state index in [0.29, 0.717) is 18.8 Å². The summed E-state index contributed by atoms with van der Waals surface area (Å²) in [6, 6.07) is 19.7. The summed E-state index contributed by atoms with van der Waals surface area (Å²) in [5, 5.41) is 6.87. The highest BCUT2D eigenvalue weighted by molar-refractivity contribution is 7.98. The average Bonchev–Trinajstić information content (AvgIpc) is 2.68. The second kappa shape index (κ2) is 9.58. The van der Waals surface area contributed by atoms with Crippen molar-refractivity contribution in [2.24, 2.45) is 0 Å². The number of nitrogens with zero attached hydrogens (tertiary/aromatic N) is 2. The Morgan fingerprint density at radius 3 is 2.46 bits per heavy atom. The molecule has 0 radical (unpaired) electrons. The Morgan fingerprint density at radius 1 is 0.962 bits per heavy atom. The van der Waals surface area contributed by atoms with Crippen molar-refractivity contribution in [1.82, 2.24) is 9.97 Å². The first-order chi connectivity index (χ1) is 12.8. The van der Waals surface area contributed by atoms with Gasteiger partial charge in [0.05, 0.1) is 12.4 Å². The minimum atomic E-state index is -0.0359. The zero-order valence-corrected chi connectivity index (χ0v) is 15.1. The summed E-state index contributed by atoms with van der Waals surface area (Å²) >= 11 is 1.64. The zero-order chi connectivity index (χ0) is 18.0. The first kappa shape index (κ1) is 17.9. The van der Waals surface area contributed by atoms with Gasteiger partial charge in [-0.3, -0.25) is 9.78 Å². The lowest BCUT2D eigenvalue weighted by Gasteiger charge is -2.08. The molecule has 0 saturated carbocycles. The Balaban J connectivity index is 1.44. The minimum absolute atomic E-state index is 0.0359. The van der Waals surface area contributed by atoms with Crippen molar-refractivity contribution in [2.45, 2.75) is 17.2 Å². The number of thioether (sulfide) groups is 1. The first-order valence-electron chi connectivity index (χ1n) is 8.37. The molecule has 1 amide bonds. The number of amides is 1. The molecule has 1 aromatic heterocycles. The van der Waals surface area contributed by atoms with Crippen LogP contribution in [0.15, 0.2) is 78.1 Å². The second-order valence-corrected chi connectivity index (χ2v) is 6.60. The number of rotatable bonds is 8. The summed E-state index contributed by atoms with van der Waals surface area (Å²) in [6.07, 6.45) is 3.78. The third-order valence-electron chi connectivity index (χ3n) is 3.56. The SMILES string of the molecule is O=C(CCNc1cncc(SCc2ccccc2)n1)Nc1ccccc1. The van der Waals surface area contributed by atoms with Crippen LogP contribution in [0.1, 0.15) is 12.0 Å². The van der Waals surface area contributed by atoms with Crippen LogP contribution in [0.4, 0.5) is 11.5 Å². The smallest absolute Gasteiger partial charge is 0.226 e. The van der Waals surface area contributed by atoms with Crippen LogP contribution in [0, 0.1) is 0 Å². The number of nitrogens with one attached hydrogen (secondary N) is 2. The van der Waals surface area contributed by atoms with Crippen LogP contribution in [-0.4, -0.2) is 22.4 Å². The third-order valence-corrected chi connectivity index (χ3v) is 4.53. The maximum absolute atomic E-state index is 11.9. The molecule has 0 fully saturated rings. The van der Waals surface area contributed by atoms with Gasteiger partial charge in [0, 0.05) is 24.4 Å². The fourth-order valence-corrected chi connectivity index (χ4v) is 3.09. The van der Waals surface area contributed by atoms with Crippen molar-refractivity contribution >= 4 is 29.2 Å². The van der Waals surface area contributed by atoms with E-state index in [4.69, 9.17) is 0 Å². The van der Waals surface area contributed by atoms with E-state index in [1.807, 2.05) is 48.5 Å². The standard InChI is InChI=1S/C20H20N4OS/c25-19(23-17-9-5-2-6-10-17)11-12-22-18-13-21-14-20(24-18)26-15-16-7-3-1-4-8-16/h1-10,13-14H,11-12,15H2,(H,22,24)(H,23,25). The summed E-state index contributed by atoms with van der Waals surface area (Å²) in [4.78, 5) is 20.7. The van der Waals surface area contributed by atoms with Crippen molar-refractivity contribution in [3.8, 4) is 0 Å². The highest BCUT2D eigenvalue weighted by atomic mass is 32.2. The van der Waals surface area contributed by atoms with Crippen LogP contribution >= 0.6 is 11.8 Å². The zero-order valence-electron chi connectivity index (χ0n) is 14.3. The molecule has 0 saturated heterocycles. The van der Waals surface area contributed by atoms with Crippen LogP contribution in [0.3, 0.4) is 0 Å². The molecule has 0 atom stereocenters. The molecule has 2 aromatic carbocycles. The van der Waals surface area contributed by atoms with E-state index in [1.54, 1.807) is 24.2 Å². The Bertz CT molecular complexity index is 827. The molecule has 3 rings (SSSR count). The van der Waals surface area contributed by atoms with Crippen molar-refractivity contribution in [3.63, 3.8) is 0 Å². The Labute approximate surface area is 157 Å². The Kier molecular flexibility index (Phi) is 6.61. The molecule has 0 unspecified atom stereocenters. The highest BCUT2D eigenvalue weighted by Gasteiger charge is 2.04. The van der Waals surface area contributed by atoms with Gasteiger partial charge in [0.15, 0.2) is 0 Å². The number of carbonyl (C=O) groups excluding carboxylic acids is 1. The number of anilines is 2. The van der Waals surface area contributed by atoms with Gasteiger partial charge >= 0.3 is 0 Å². The molecule has 0 aliphatic carbocycles. The Hall–Kier alpha value is -2.86. The van der Waals surface area contributed by atoms with Gasteiger partial charge in [-0.15, -0.1) is 11.8 Å². The van der Waals surface area contributed by atoms with E-state index < -0.39 is 0 Å². The molecule has 0 bridgehead atoms. The van der Waals surface area contributed by atoms with Crippen LogP contribution in [0.5, 0.6) is 0 Å². The van der Waals surface area contributed by atoms with Crippen LogP contribution in [0.25, 0.3) is 0 Å². The average molecular weight is 364 g/mol. The summed E-state index contributed by atoms with van der Waals surface area (Å²) in [5.74, 6) is 1.49. The molecule has 0 spiro atoms. The lowest BCUT2D eigenvalue weighted by atomic mass is 10.2. The fraction of sp³-hybridized carbons (Fsp3) is 0.150. The number of hydrogen-bond donors (Lipinski definition) is 2. The van der Waals surface area contributed by atoms with Crippen molar-refractivity contribution in [2.75, 3.05) is 17.2 Å². The van der Waals surface area contributed by atoms with Gasteiger partial charge in [0.25, 0.3) is 0 Å². The quantitative estimate of drug-likeness (QED) is 0.586. The van der Waals surface area contributed by atoms with Crippen LogP contribution in [0.2, 0.25) is 0 Å². The van der Waals surface area contributed by atoms with Gasteiger partial charge in [-0.25, -0.2) is 4.98 Å². The van der Waals surface area contributed by atoms with Gasteiger partial charge < -0.3 is 10.6 Å². The van der Waals surface area contributed by atoms with E-state index >= 15 is 0 Å². The molecule has 132 valence electrons. The van der Waals surface area contributed by atoms with E-state index in [2.05, 4.69) is 32.7 Å². The summed E-state index contributed by atoms with van der Waals surface area (Å²) in [6.45, 7) is 0.500. The molecule has 3 aromatic rings. The molecule has 26 heavy (non-hydrogen) atoms. The number of hydrogen-bond acceptors (Lipinski definition) is 5. The molecule has 6 heteroatoms. The Morgan fingerprint density at radius 2 is 1.69 bits per heavy atom. The number of carbonyl (C=O) groups is 1. The van der Waals surface area contributed by atoms with Crippen LogP contribution in [-0.2, 0) is 10.5 Å². The maximum Gasteiger partial charge on any atom is 0.226 e. The normalized spacial score (nSPS) is 10.3. The highest BCUT2D eigenvalue weighted by Crippen LogP contribution is 2.21. The van der Waals surface area contributed by atoms with Gasteiger partial charge in [-0.1, -0.05) is 48.5 Å². The predicted octanol–water partition coefficient (Wildman–Crippen LogP) is 4.21.